The van der Waals surface area contributed by atoms with E-state index in [2.05, 4.69) is 52.5 Å². The first-order valence-corrected chi connectivity index (χ1v) is 16.1. The number of carbonyl (C=O) groups excluding carboxylic acids is 2. The molecule has 0 aliphatic heterocycles. The van der Waals surface area contributed by atoms with Gasteiger partial charge < -0.3 is 11.5 Å². The van der Waals surface area contributed by atoms with E-state index in [1.54, 1.807) is 16.7 Å². The standard InChI is InChI=1S/C19H18F2N4O2.C19H18F2N4/c1-19(2,3)9-25-17-14(24-18(25)22)7-6-13(23-17)16(27)15(26)11-5-4-10(20)8-12(11)21;1-19(2,3)11-25-17-16(24-18(25)22)9-8-14(23-17)7-5-12-4-6-13(20)10-15(12)21/h4-8H,9H2,1-3H3,(H2,22,24);4,6,8-10H,11H2,1-3H3,(H2,22,24). The Balaban J connectivity index is 0.000000202. The van der Waals surface area contributed by atoms with Crippen molar-refractivity contribution in [1.82, 2.24) is 29.1 Å². The number of Topliss-reactive ketones (excluding diaryl/α,β-unsaturated/α-hetero) is 2. The average Bonchev–Trinajstić information content (AvgIpc) is 3.52. The second kappa shape index (κ2) is 14.3. The third-order valence-corrected chi connectivity index (χ3v) is 7.38. The maximum absolute atomic E-state index is 13.8. The fourth-order valence-electron chi connectivity index (χ4n) is 5.13. The Morgan fingerprint density at radius 1 is 0.635 bits per heavy atom. The van der Waals surface area contributed by atoms with Crippen molar-refractivity contribution in [3.05, 3.63) is 106 Å². The fourth-order valence-corrected chi connectivity index (χ4v) is 5.13. The van der Waals surface area contributed by atoms with Gasteiger partial charge in [-0.3, -0.25) is 18.7 Å². The lowest BCUT2D eigenvalue weighted by Crippen LogP contribution is -2.19. The molecule has 4 aromatic heterocycles. The molecular weight excluding hydrogens is 676 g/mol. The smallest absolute Gasteiger partial charge is 0.252 e. The van der Waals surface area contributed by atoms with Gasteiger partial charge in [-0.2, -0.15) is 0 Å². The van der Waals surface area contributed by atoms with Crippen molar-refractivity contribution in [2.45, 2.75) is 54.6 Å². The zero-order valence-corrected chi connectivity index (χ0v) is 29.4. The molecule has 2 aromatic carbocycles. The Labute approximate surface area is 296 Å². The molecule has 6 rings (SSSR count). The number of imidazole rings is 2. The molecule has 0 amide bonds. The van der Waals surface area contributed by atoms with Gasteiger partial charge in [0.2, 0.25) is 17.7 Å². The lowest BCUT2D eigenvalue weighted by atomic mass is 9.97. The Morgan fingerprint density at radius 2 is 1.15 bits per heavy atom. The first-order chi connectivity index (χ1) is 24.3. The number of nitrogen functional groups attached to an aromatic ring is 2. The number of pyridine rings is 2. The highest BCUT2D eigenvalue weighted by Crippen LogP contribution is 2.25. The molecule has 0 bridgehead atoms. The quantitative estimate of drug-likeness (QED) is 0.0830. The van der Waals surface area contributed by atoms with Crippen molar-refractivity contribution in [3.8, 4) is 11.8 Å². The summed E-state index contributed by atoms with van der Waals surface area (Å²) < 4.78 is 57.0. The van der Waals surface area contributed by atoms with Gasteiger partial charge in [0.15, 0.2) is 11.3 Å². The molecule has 0 fully saturated rings. The van der Waals surface area contributed by atoms with Gasteiger partial charge in [0, 0.05) is 25.2 Å². The van der Waals surface area contributed by atoms with Crippen LogP contribution in [0.2, 0.25) is 0 Å². The summed E-state index contributed by atoms with van der Waals surface area (Å²) in [6.07, 6.45) is 0. The van der Waals surface area contributed by atoms with E-state index in [1.807, 2.05) is 25.3 Å². The molecule has 0 saturated heterocycles. The number of halogens is 4. The van der Waals surface area contributed by atoms with Crippen molar-refractivity contribution in [1.29, 1.82) is 0 Å². The van der Waals surface area contributed by atoms with Crippen LogP contribution in [-0.2, 0) is 13.1 Å². The molecule has 0 atom stereocenters. The lowest BCUT2D eigenvalue weighted by molar-refractivity contribution is 0.0811. The second-order valence-electron chi connectivity index (χ2n) is 14.5. The van der Waals surface area contributed by atoms with Gasteiger partial charge in [0.25, 0.3) is 5.78 Å². The first kappa shape index (κ1) is 37.2. The Bertz CT molecular complexity index is 2410. The highest BCUT2D eigenvalue weighted by atomic mass is 19.1. The molecule has 14 heteroatoms. The molecular formula is C38H36F4N8O2. The van der Waals surface area contributed by atoms with Crippen LogP contribution >= 0.6 is 0 Å². The third-order valence-electron chi connectivity index (χ3n) is 7.38. The van der Waals surface area contributed by atoms with Crippen LogP contribution in [-0.4, -0.2) is 40.6 Å². The maximum Gasteiger partial charge on any atom is 0.252 e. The Kier molecular flexibility index (Phi) is 10.2. The van der Waals surface area contributed by atoms with Gasteiger partial charge in [-0.25, -0.2) is 37.5 Å². The van der Waals surface area contributed by atoms with Crippen LogP contribution < -0.4 is 11.5 Å². The molecule has 6 aromatic rings. The number of carbonyl (C=O) groups is 2. The summed E-state index contributed by atoms with van der Waals surface area (Å²) in [7, 11) is 0. The van der Waals surface area contributed by atoms with Crippen LogP contribution in [0, 0.1) is 45.9 Å². The van der Waals surface area contributed by atoms with Crippen LogP contribution in [0.5, 0.6) is 0 Å². The van der Waals surface area contributed by atoms with Crippen LogP contribution in [0.1, 0.15) is 73.6 Å². The Morgan fingerprint density at radius 3 is 1.69 bits per heavy atom. The van der Waals surface area contributed by atoms with Crippen molar-refractivity contribution in [2.24, 2.45) is 10.8 Å². The number of benzene rings is 2. The van der Waals surface area contributed by atoms with Crippen LogP contribution in [0.15, 0.2) is 60.7 Å². The number of rotatable bonds is 5. The predicted molar refractivity (Wildman–Crippen MR) is 190 cm³/mol. The number of hydrogen-bond donors (Lipinski definition) is 2. The summed E-state index contributed by atoms with van der Waals surface area (Å²) in [5.74, 6) is 0.759. The largest absolute Gasteiger partial charge is 0.369 e. The SMILES string of the molecule is CC(C)(C)Cn1c(N)nc2ccc(C#Cc3ccc(F)cc3F)nc21.CC(C)(C)Cn1c(N)nc2ccc(C(=O)C(=O)c3ccc(F)cc3F)nc21. The fraction of sp³-hybridized carbons (Fsp3) is 0.263. The predicted octanol–water partition coefficient (Wildman–Crippen LogP) is 7.14. The van der Waals surface area contributed by atoms with Gasteiger partial charge in [-0.15, -0.1) is 0 Å². The highest BCUT2D eigenvalue weighted by Gasteiger charge is 2.25. The highest BCUT2D eigenvalue weighted by molar-refractivity contribution is 6.48. The minimum Gasteiger partial charge on any atom is -0.369 e. The molecule has 0 aliphatic carbocycles. The average molecular weight is 713 g/mol. The van der Waals surface area contributed by atoms with Crippen LogP contribution in [0.3, 0.4) is 0 Å². The van der Waals surface area contributed by atoms with E-state index in [4.69, 9.17) is 11.5 Å². The van der Waals surface area contributed by atoms with E-state index >= 15 is 0 Å². The molecule has 10 nitrogen and oxygen atoms in total. The van der Waals surface area contributed by atoms with Gasteiger partial charge >= 0.3 is 0 Å². The minimum atomic E-state index is -1.10. The molecule has 268 valence electrons. The van der Waals surface area contributed by atoms with E-state index in [9.17, 15) is 27.2 Å². The first-order valence-electron chi connectivity index (χ1n) is 16.1. The molecule has 0 radical (unpaired) electrons. The second-order valence-corrected chi connectivity index (χ2v) is 14.5. The number of ketones is 2. The van der Waals surface area contributed by atoms with E-state index < -0.39 is 40.4 Å². The molecule has 0 aliphatic rings. The van der Waals surface area contributed by atoms with Crippen molar-refractivity contribution >= 4 is 45.8 Å². The molecule has 0 spiro atoms. The van der Waals surface area contributed by atoms with Crippen LogP contribution in [0.4, 0.5) is 29.5 Å². The van der Waals surface area contributed by atoms with Crippen molar-refractivity contribution < 1.29 is 27.2 Å². The molecule has 0 unspecified atom stereocenters. The lowest BCUT2D eigenvalue weighted by Gasteiger charge is -2.19. The van der Waals surface area contributed by atoms with Gasteiger partial charge in [-0.1, -0.05) is 47.5 Å². The van der Waals surface area contributed by atoms with Gasteiger partial charge in [0.05, 0.1) is 11.1 Å². The topological polar surface area (TPSA) is 148 Å². The molecule has 4 N–H and O–H groups in total. The monoisotopic (exact) mass is 712 g/mol. The zero-order valence-electron chi connectivity index (χ0n) is 29.4. The van der Waals surface area contributed by atoms with E-state index in [-0.39, 0.29) is 28.0 Å². The number of nitrogens with zero attached hydrogens (tertiary/aromatic N) is 6. The van der Waals surface area contributed by atoms with Gasteiger partial charge in [-0.05, 0) is 65.3 Å². The zero-order chi connectivity index (χ0) is 38.1. The van der Waals surface area contributed by atoms with E-state index in [0.717, 1.165) is 18.2 Å². The number of anilines is 2. The summed E-state index contributed by atoms with van der Waals surface area (Å²) in [6.45, 7) is 13.5. The van der Waals surface area contributed by atoms with E-state index in [1.165, 1.54) is 24.3 Å². The summed E-state index contributed by atoms with van der Waals surface area (Å²) >= 11 is 0. The number of hydrogen-bond acceptors (Lipinski definition) is 8. The Hall–Kier alpha value is -6.10. The number of aromatic nitrogens is 6. The summed E-state index contributed by atoms with van der Waals surface area (Å²) in [6, 6.07) is 12.0. The molecule has 0 saturated carbocycles. The molecule has 4 heterocycles. The summed E-state index contributed by atoms with van der Waals surface area (Å²) in [5.41, 5.74) is 13.9. The van der Waals surface area contributed by atoms with Crippen molar-refractivity contribution in [2.75, 3.05) is 11.5 Å². The number of fused-ring (bicyclic) bond motifs is 2. The van der Waals surface area contributed by atoms with E-state index in [0.29, 0.717) is 53.1 Å². The maximum atomic E-state index is 13.8. The third kappa shape index (κ3) is 8.60. The normalized spacial score (nSPS) is 11.6. The summed E-state index contributed by atoms with van der Waals surface area (Å²) in [5, 5.41) is 0. The number of nitrogens with two attached hydrogens (primary N) is 2. The van der Waals surface area contributed by atoms with Crippen molar-refractivity contribution in [3.63, 3.8) is 0 Å². The minimum absolute atomic E-state index is 0.00233. The summed E-state index contributed by atoms with van der Waals surface area (Å²) in [4.78, 5) is 42.1. The van der Waals surface area contributed by atoms with Crippen LogP contribution in [0.25, 0.3) is 22.3 Å². The molecule has 52 heavy (non-hydrogen) atoms. The van der Waals surface area contributed by atoms with Gasteiger partial charge in [0.1, 0.15) is 45.7 Å².